The average molecular weight is 576 g/mol. The molecule has 1 saturated heterocycles. The zero-order valence-electron chi connectivity index (χ0n) is 22.8. The molecule has 0 bridgehead atoms. The first kappa shape index (κ1) is 29.3. The summed E-state index contributed by atoms with van der Waals surface area (Å²) >= 11 is 0. The lowest BCUT2D eigenvalue weighted by atomic mass is 10.1. The number of hydrogen-bond acceptors (Lipinski definition) is 5. The molecule has 4 rings (SSSR count). The van der Waals surface area contributed by atoms with E-state index >= 15 is 0 Å². The van der Waals surface area contributed by atoms with E-state index in [1.165, 1.54) is 19.2 Å². The Bertz CT molecular complexity index is 1480. The molecule has 214 valence electrons. The van der Waals surface area contributed by atoms with Gasteiger partial charge in [-0.05, 0) is 79.9 Å². The van der Waals surface area contributed by atoms with Crippen LogP contribution in [0.3, 0.4) is 0 Å². The Hall–Kier alpha value is -3.73. The summed E-state index contributed by atoms with van der Waals surface area (Å²) in [6.45, 7) is 6.14. The number of alkyl halides is 3. The van der Waals surface area contributed by atoms with Crippen molar-refractivity contribution in [2.75, 3.05) is 49.0 Å². The van der Waals surface area contributed by atoms with Gasteiger partial charge < -0.3 is 14.5 Å². The van der Waals surface area contributed by atoms with Crippen LogP contribution in [-0.2, 0) is 21.0 Å². The number of rotatable bonds is 7. The second-order valence-electron chi connectivity index (χ2n) is 9.93. The van der Waals surface area contributed by atoms with E-state index in [0.717, 1.165) is 33.1 Å². The van der Waals surface area contributed by atoms with E-state index in [9.17, 15) is 26.4 Å². The van der Waals surface area contributed by atoms with E-state index in [1.807, 2.05) is 19.9 Å². The molecule has 40 heavy (non-hydrogen) atoms. The number of halogens is 3. The minimum Gasteiger partial charge on any atom is -0.495 e. The first-order valence-electron chi connectivity index (χ1n) is 12.8. The van der Waals surface area contributed by atoms with Crippen LogP contribution in [0.4, 0.5) is 24.5 Å². The quantitative estimate of drug-likeness (QED) is 0.388. The fraction of sp³-hybridized carbons (Fsp3) is 0.345. The van der Waals surface area contributed by atoms with Crippen molar-refractivity contribution < 1.29 is 31.1 Å². The molecule has 0 radical (unpaired) electrons. The highest BCUT2D eigenvalue weighted by Crippen LogP contribution is 2.33. The van der Waals surface area contributed by atoms with Gasteiger partial charge in [0.15, 0.2) is 0 Å². The summed E-state index contributed by atoms with van der Waals surface area (Å²) in [5, 5.41) is 0. The molecule has 1 aliphatic rings. The van der Waals surface area contributed by atoms with Gasteiger partial charge in [0.2, 0.25) is 5.91 Å². The first-order chi connectivity index (χ1) is 18.8. The third kappa shape index (κ3) is 6.35. The summed E-state index contributed by atoms with van der Waals surface area (Å²) in [6.07, 6.45) is -4.45. The molecule has 0 spiro atoms. The molecule has 1 heterocycles. The van der Waals surface area contributed by atoms with E-state index in [0.29, 0.717) is 24.5 Å². The zero-order valence-corrected chi connectivity index (χ0v) is 23.6. The van der Waals surface area contributed by atoms with Crippen molar-refractivity contribution in [1.82, 2.24) is 4.90 Å². The largest absolute Gasteiger partial charge is 0.495 e. The Kier molecular flexibility index (Phi) is 8.34. The maximum absolute atomic E-state index is 14.0. The summed E-state index contributed by atoms with van der Waals surface area (Å²) in [4.78, 5) is 16.8. The monoisotopic (exact) mass is 575 g/mol. The fourth-order valence-electron chi connectivity index (χ4n) is 4.83. The second-order valence-corrected chi connectivity index (χ2v) is 11.8. The lowest BCUT2D eigenvalue weighted by Crippen LogP contribution is -2.52. The van der Waals surface area contributed by atoms with Crippen LogP contribution in [0.5, 0.6) is 5.75 Å². The number of piperazine rings is 1. The number of amides is 1. The number of ether oxygens (including phenoxy) is 1. The summed E-state index contributed by atoms with van der Waals surface area (Å²) in [6, 6.07) is 15.3. The fourth-order valence-corrected chi connectivity index (χ4v) is 6.47. The molecule has 0 atom stereocenters. The molecule has 0 aromatic heterocycles. The number of aryl methyl sites for hydroxylation is 3. The SMILES string of the molecule is COc1ccc(C)cc1S(=O)(=O)N(CC(=O)N1CCN(c2cccc(C(F)(F)F)c2)CC1)c1cc(C)cc(C)c1. The number of carbonyl (C=O) groups excluding carboxylic acids is 1. The maximum Gasteiger partial charge on any atom is 0.416 e. The molecule has 1 aliphatic heterocycles. The highest BCUT2D eigenvalue weighted by Gasteiger charge is 2.34. The molecule has 3 aromatic carbocycles. The minimum atomic E-state index is -4.45. The number of nitrogens with zero attached hydrogens (tertiary/aromatic N) is 3. The van der Waals surface area contributed by atoms with Crippen LogP contribution >= 0.6 is 0 Å². The number of methoxy groups -OCH3 is 1. The van der Waals surface area contributed by atoms with Gasteiger partial charge in [0.05, 0.1) is 18.4 Å². The number of anilines is 2. The molecule has 7 nitrogen and oxygen atoms in total. The number of benzene rings is 3. The molecule has 0 unspecified atom stereocenters. The van der Waals surface area contributed by atoms with Crippen molar-refractivity contribution in [3.8, 4) is 5.75 Å². The summed E-state index contributed by atoms with van der Waals surface area (Å²) in [5.74, 6) is -0.236. The van der Waals surface area contributed by atoms with E-state index in [-0.39, 0.29) is 23.7 Å². The Morgan fingerprint density at radius 2 is 1.55 bits per heavy atom. The van der Waals surface area contributed by atoms with E-state index < -0.39 is 34.2 Å². The van der Waals surface area contributed by atoms with Crippen molar-refractivity contribution in [1.29, 1.82) is 0 Å². The van der Waals surface area contributed by atoms with Gasteiger partial charge in [-0.15, -0.1) is 0 Å². The maximum atomic E-state index is 14.0. The lowest BCUT2D eigenvalue weighted by Gasteiger charge is -2.37. The molecular formula is C29H32F3N3O4S. The molecular weight excluding hydrogens is 543 g/mol. The topological polar surface area (TPSA) is 70.2 Å². The van der Waals surface area contributed by atoms with Gasteiger partial charge >= 0.3 is 6.18 Å². The molecule has 3 aromatic rings. The van der Waals surface area contributed by atoms with Gasteiger partial charge in [0.1, 0.15) is 17.2 Å². The van der Waals surface area contributed by atoms with Gasteiger partial charge in [-0.25, -0.2) is 8.42 Å². The molecule has 1 amide bonds. The predicted octanol–water partition coefficient (Wildman–Crippen LogP) is 5.18. The average Bonchev–Trinajstić information content (AvgIpc) is 2.90. The van der Waals surface area contributed by atoms with Crippen LogP contribution in [0.25, 0.3) is 0 Å². The number of sulfonamides is 1. The lowest BCUT2D eigenvalue weighted by molar-refractivity contribution is -0.137. The number of carbonyl (C=O) groups is 1. The molecule has 1 fully saturated rings. The van der Waals surface area contributed by atoms with E-state index in [2.05, 4.69) is 0 Å². The van der Waals surface area contributed by atoms with Crippen LogP contribution < -0.4 is 13.9 Å². The summed E-state index contributed by atoms with van der Waals surface area (Å²) < 4.78 is 74.0. The van der Waals surface area contributed by atoms with Crippen molar-refractivity contribution in [2.24, 2.45) is 0 Å². The van der Waals surface area contributed by atoms with Gasteiger partial charge in [0.25, 0.3) is 10.0 Å². The third-order valence-electron chi connectivity index (χ3n) is 6.83. The Morgan fingerprint density at radius 1 is 0.900 bits per heavy atom. The summed E-state index contributed by atoms with van der Waals surface area (Å²) in [7, 11) is -2.83. The van der Waals surface area contributed by atoms with Crippen molar-refractivity contribution >= 4 is 27.3 Å². The molecule has 0 aliphatic carbocycles. The first-order valence-corrected chi connectivity index (χ1v) is 14.2. The predicted molar refractivity (Wildman–Crippen MR) is 148 cm³/mol. The van der Waals surface area contributed by atoms with Crippen LogP contribution in [0.15, 0.2) is 65.6 Å². The van der Waals surface area contributed by atoms with Gasteiger partial charge in [-0.1, -0.05) is 18.2 Å². The van der Waals surface area contributed by atoms with Gasteiger partial charge in [0, 0.05) is 31.9 Å². The standard InChI is InChI=1S/C29H32F3N3O4S/c1-20-8-9-26(39-4)27(17-20)40(37,38)35(25-15-21(2)14-22(3)16-25)19-28(36)34-12-10-33(11-13-34)24-7-5-6-23(18-24)29(30,31)32/h5-9,14-18H,10-13,19H2,1-4H3. The molecule has 0 N–H and O–H groups in total. The highest BCUT2D eigenvalue weighted by molar-refractivity contribution is 7.93. The van der Waals surface area contributed by atoms with Crippen molar-refractivity contribution in [3.05, 3.63) is 82.9 Å². The minimum absolute atomic E-state index is 0.0451. The van der Waals surface area contributed by atoms with Crippen LogP contribution in [0.2, 0.25) is 0 Å². The zero-order chi connectivity index (χ0) is 29.2. The highest BCUT2D eigenvalue weighted by atomic mass is 32.2. The Balaban J connectivity index is 1.59. The Morgan fingerprint density at radius 3 is 2.15 bits per heavy atom. The van der Waals surface area contributed by atoms with Crippen molar-refractivity contribution in [3.63, 3.8) is 0 Å². The van der Waals surface area contributed by atoms with Gasteiger partial charge in [-0.3, -0.25) is 9.10 Å². The van der Waals surface area contributed by atoms with Crippen LogP contribution in [-0.4, -0.2) is 59.1 Å². The van der Waals surface area contributed by atoms with Crippen LogP contribution in [0.1, 0.15) is 22.3 Å². The smallest absolute Gasteiger partial charge is 0.416 e. The third-order valence-corrected chi connectivity index (χ3v) is 8.63. The van der Waals surface area contributed by atoms with Crippen LogP contribution in [0, 0.1) is 20.8 Å². The Labute approximate surface area is 232 Å². The molecule has 11 heteroatoms. The van der Waals surface area contributed by atoms with E-state index in [1.54, 1.807) is 47.1 Å². The second kappa shape index (κ2) is 11.4. The van der Waals surface area contributed by atoms with Crippen molar-refractivity contribution in [2.45, 2.75) is 31.8 Å². The molecule has 0 saturated carbocycles. The summed E-state index contributed by atoms with van der Waals surface area (Å²) in [5.41, 5.74) is 2.45. The number of hydrogen-bond donors (Lipinski definition) is 0. The van der Waals surface area contributed by atoms with E-state index in [4.69, 9.17) is 4.74 Å². The normalized spacial score (nSPS) is 14.3. The van der Waals surface area contributed by atoms with Gasteiger partial charge in [-0.2, -0.15) is 13.2 Å².